The lowest BCUT2D eigenvalue weighted by molar-refractivity contribution is 0.323. The first-order chi connectivity index (χ1) is 11.5. The highest BCUT2D eigenvalue weighted by Crippen LogP contribution is 2.38. The summed E-state index contributed by atoms with van der Waals surface area (Å²) in [6.45, 7) is 2.37. The van der Waals surface area contributed by atoms with E-state index in [1.807, 2.05) is 19.1 Å². The number of sulfonamides is 1. The Bertz CT molecular complexity index is 630. The largest absolute Gasteiger partial charge is 0.493 e. The second kappa shape index (κ2) is 8.07. The van der Waals surface area contributed by atoms with Crippen LogP contribution in [0.4, 0.5) is 0 Å². The zero-order valence-electron chi connectivity index (χ0n) is 14.9. The molecule has 2 rings (SSSR count). The molecular weight excluding hydrogens is 330 g/mol. The third kappa shape index (κ3) is 4.33. The van der Waals surface area contributed by atoms with Crippen molar-refractivity contribution in [3.63, 3.8) is 0 Å². The molecule has 0 heterocycles. The summed E-state index contributed by atoms with van der Waals surface area (Å²) < 4.78 is 42.6. The van der Waals surface area contributed by atoms with Gasteiger partial charge in [0.1, 0.15) is 0 Å². The summed E-state index contributed by atoms with van der Waals surface area (Å²) >= 11 is 0. The van der Waals surface area contributed by atoms with E-state index < -0.39 is 10.0 Å². The van der Waals surface area contributed by atoms with Crippen LogP contribution in [0.3, 0.4) is 0 Å². The van der Waals surface area contributed by atoms with Crippen molar-refractivity contribution in [2.75, 3.05) is 33.6 Å². The molecule has 0 unspecified atom stereocenters. The topological polar surface area (TPSA) is 65.1 Å². The van der Waals surface area contributed by atoms with Crippen LogP contribution in [0.5, 0.6) is 17.2 Å². The van der Waals surface area contributed by atoms with Crippen LogP contribution in [0, 0.1) is 0 Å². The van der Waals surface area contributed by atoms with Gasteiger partial charge in [-0.25, -0.2) is 8.42 Å². The lowest BCUT2D eigenvalue weighted by atomic mass is 10.1. The van der Waals surface area contributed by atoms with Gasteiger partial charge in [0.05, 0.1) is 27.1 Å². The minimum atomic E-state index is -3.18. The quantitative estimate of drug-likeness (QED) is 0.644. The van der Waals surface area contributed by atoms with Crippen LogP contribution in [0.1, 0.15) is 31.7 Å². The number of methoxy groups -OCH3 is 3. The molecule has 1 aliphatic rings. The molecule has 1 aromatic carbocycles. The van der Waals surface area contributed by atoms with Gasteiger partial charge in [0.2, 0.25) is 15.8 Å². The molecule has 0 bridgehead atoms. The van der Waals surface area contributed by atoms with Crippen molar-refractivity contribution in [1.29, 1.82) is 0 Å². The second-order valence-corrected chi connectivity index (χ2v) is 7.98. The highest BCUT2D eigenvalue weighted by atomic mass is 32.2. The van der Waals surface area contributed by atoms with Crippen LogP contribution in [-0.4, -0.2) is 52.4 Å². The molecule has 1 fully saturated rings. The van der Waals surface area contributed by atoms with Gasteiger partial charge in [-0.15, -0.1) is 0 Å². The van der Waals surface area contributed by atoms with Crippen molar-refractivity contribution >= 4 is 10.0 Å². The molecule has 136 valence electrons. The molecule has 1 aliphatic carbocycles. The van der Waals surface area contributed by atoms with Crippen molar-refractivity contribution in [3.05, 3.63) is 17.7 Å². The predicted octanol–water partition coefficient (Wildman–Crippen LogP) is 2.46. The van der Waals surface area contributed by atoms with Crippen LogP contribution in [0.25, 0.3) is 0 Å². The van der Waals surface area contributed by atoms with Gasteiger partial charge in [0, 0.05) is 12.6 Å². The molecule has 1 aromatic rings. The molecule has 0 saturated heterocycles. The summed E-state index contributed by atoms with van der Waals surface area (Å²) in [5.41, 5.74) is 0.960. The van der Waals surface area contributed by atoms with E-state index in [0.29, 0.717) is 36.6 Å². The standard InChI is InChI=1S/C17H27NO5S/c1-5-10-24(19,20)18(14-6-7-14)9-8-13-11-15(21-2)17(23-4)16(12-13)22-3/h11-12,14H,5-10H2,1-4H3. The van der Waals surface area contributed by atoms with E-state index >= 15 is 0 Å². The van der Waals surface area contributed by atoms with Crippen molar-refractivity contribution in [1.82, 2.24) is 4.31 Å². The number of hydrogen-bond acceptors (Lipinski definition) is 5. The molecule has 0 N–H and O–H groups in total. The van der Waals surface area contributed by atoms with Crippen LogP contribution in [0.15, 0.2) is 12.1 Å². The fourth-order valence-corrected chi connectivity index (χ4v) is 4.59. The smallest absolute Gasteiger partial charge is 0.214 e. The van der Waals surface area contributed by atoms with Crippen molar-refractivity contribution < 1.29 is 22.6 Å². The molecule has 0 atom stereocenters. The average molecular weight is 357 g/mol. The summed E-state index contributed by atoms with van der Waals surface area (Å²) in [7, 11) is 1.53. The Labute approximate surface area is 144 Å². The minimum Gasteiger partial charge on any atom is -0.493 e. The Balaban J connectivity index is 2.18. The summed E-state index contributed by atoms with van der Waals surface area (Å²) in [6.07, 6.45) is 3.16. The summed E-state index contributed by atoms with van der Waals surface area (Å²) in [5.74, 6) is 1.92. The van der Waals surface area contributed by atoms with Gasteiger partial charge in [-0.05, 0) is 43.4 Å². The highest BCUT2D eigenvalue weighted by molar-refractivity contribution is 7.89. The molecule has 0 amide bonds. The summed E-state index contributed by atoms with van der Waals surface area (Å²) in [5, 5.41) is 0. The van der Waals surface area contributed by atoms with E-state index in [2.05, 4.69) is 0 Å². The first kappa shape index (κ1) is 18.9. The van der Waals surface area contributed by atoms with Gasteiger partial charge in [0.25, 0.3) is 0 Å². The number of benzene rings is 1. The monoisotopic (exact) mass is 357 g/mol. The third-order valence-electron chi connectivity index (χ3n) is 4.12. The van der Waals surface area contributed by atoms with E-state index in [0.717, 1.165) is 18.4 Å². The van der Waals surface area contributed by atoms with E-state index in [4.69, 9.17) is 14.2 Å². The SMILES string of the molecule is CCCS(=O)(=O)N(CCc1cc(OC)c(OC)c(OC)c1)C1CC1. The molecule has 0 radical (unpaired) electrons. The molecule has 0 aromatic heterocycles. The van der Waals surface area contributed by atoms with E-state index in [9.17, 15) is 8.42 Å². The number of nitrogens with zero attached hydrogens (tertiary/aromatic N) is 1. The second-order valence-electron chi connectivity index (χ2n) is 5.94. The molecule has 1 saturated carbocycles. The van der Waals surface area contributed by atoms with E-state index in [-0.39, 0.29) is 11.8 Å². The lowest BCUT2D eigenvalue weighted by Gasteiger charge is -2.22. The Morgan fingerprint density at radius 1 is 1.08 bits per heavy atom. The maximum atomic E-state index is 12.4. The van der Waals surface area contributed by atoms with Crippen molar-refractivity contribution in [2.45, 2.75) is 38.6 Å². The number of hydrogen-bond donors (Lipinski definition) is 0. The first-order valence-corrected chi connectivity index (χ1v) is 9.86. The average Bonchev–Trinajstić information content (AvgIpc) is 3.38. The predicted molar refractivity (Wildman–Crippen MR) is 93.6 cm³/mol. The Kier molecular flexibility index (Phi) is 6.34. The van der Waals surface area contributed by atoms with Gasteiger partial charge < -0.3 is 14.2 Å². The molecule has 24 heavy (non-hydrogen) atoms. The van der Waals surface area contributed by atoms with E-state index in [1.54, 1.807) is 25.6 Å². The fraction of sp³-hybridized carbons (Fsp3) is 0.647. The number of rotatable bonds is 10. The van der Waals surface area contributed by atoms with Gasteiger partial charge in [-0.1, -0.05) is 6.92 Å². The normalized spacial score (nSPS) is 14.7. The Hall–Kier alpha value is -1.47. The zero-order chi connectivity index (χ0) is 17.7. The van der Waals surface area contributed by atoms with E-state index in [1.165, 1.54) is 0 Å². The highest BCUT2D eigenvalue weighted by Gasteiger charge is 2.36. The van der Waals surface area contributed by atoms with Crippen LogP contribution >= 0.6 is 0 Å². The fourth-order valence-electron chi connectivity index (χ4n) is 2.81. The summed E-state index contributed by atoms with van der Waals surface area (Å²) in [6, 6.07) is 3.92. The van der Waals surface area contributed by atoms with Gasteiger partial charge in [-0.3, -0.25) is 0 Å². The first-order valence-electron chi connectivity index (χ1n) is 8.25. The van der Waals surface area contributed by atoms with Crippen LogP contribution < -0.4 is 14.2 Å². The Morgan fingerprint density at radius 2 is 1.67 bits per heavy atom. The van der Waals surface area contributed by atoms with Gasteiger partial charge in [0.15, 0.2) is 11.5 Å². The molecule has 7 heteroatoms. The maximum Gasteiger partial charge on any atom is 0.214 e. The molecule has 0 spiro atoms. The molecular formula is C17H27NO5S. The molecule has 0 aliphatic heterocycles. The number of ether oxygens (including phenoxy) is 3. The van der Waals surface area contributed by atoms with Crippen molar-refractivity contribution in [2.24, 2.45) is 0 Å². The third-order valence-corrected chi connectivity index (χ3v) is 6.24. The van der Waals surface area contributed by atoms with Crippen LogP contribution in [-0.2, 0) is 16.4 Å². The summed E-state index contributed by atoms with van der Waals surface area (Å²) in [4.78, 5) is 0. The van der Waals surface area contributed by atoms with Crippen molar-refractivity contribution in [3.8, 4) is 17.2 Å². The zero-order valence-corrected chi connectivity index (χ0v) is 15.7. The lowest BCUT2D eigenvalue weighted by Crippen LogP contribution is -2.36. The molecule has 6 nitrogen and oxygen atoms in total. The van der Waals surface area contributed by atoms with Crippen LogP contribution in [0.2, 0.25) is 0 Å². The van der Waals surface area contributed by atoms with Gasteiger partial charge >= 0.3 is 0 Å². The Morgan fingerprint density at radius 3 is 2.08 bits per heavy atom. The van der Waals surface area contributed by atoms with Gasteiger partial charge in [-0.2, -0.15) is 4.31 Å². The minimum absolute atomic E-state index is 0.170. The maximum absolute atomic E-state index is 12.4.